The van der Waals surface area contributed by atoms with Crippen LogP contribution in [-0.2, 0) is 0 Å². The number of imidazole rings is 1. The van der Waals surface area contributed by atoms with E-state index in [4.69, 9.17) is 16.3 Å². The van der Waals surface area contributed by atoms with E-state index in [2.05, 4.69) is 15.6 Å². The molecule has 17 heavy (non-hydrogen) atoms. The van der Waals surface area contributed by atoms with Crippen LogP contribution in [0.15, 0.2) is 18.2 Å². The van der Waals surface area contributed by atoms with Crippen molar-refractivity contribution in [2.45, 2.75) is 31.2 Å². The summed E-state index contributed by atoms with van der Waals surface area (Å²) in [4.78, 5) is 4.63. The van der Waals surface area contributed by atoms with Crippen LogP contribution < -0.4 is 4.74 Å². The topological polar surface area (TPSA) is 27.1 Å². The van der Waals surface area contributed by atoms with Crippen LogP contribution in [0.3, 0.4) is 0 Å². The van der Waals surface area contributed by atoms with E-state index in [1.165, 1.54) is 12.8 Å². The third kappa shape index (κ3) is 1.78. The standard InChI is InChI=1S/C13H15ClN2O/c1-8(14)13-15-11-7-10(17-2)5-6-12(11)16(13)9-3-4-9/h5-9H,3-4H2,1-2H3. The third-order valence-corrected chi connectivity index (χ3v) is 3.39. The van der Waals surface area contributed by atoms with Crippen LogP contribution >= 0.6 is 11.6 Å². The van der Waals surface area contributed by atoms with Crippen LogP contribution in [0.25, 0.3) is 11.0 Å². The Balaban J connectivity index is 2.22. The summed E-state index contributed by atoms with van der Waals surface area (Å²) in [6, 6.07) is 6.61. The van der Waals surface area contributed by atoms with Crippen molar-refractivity contribution < 1.29 is 4.74 Å². The summed E-state index contributed by atoms with van der Waals surface area (Å²) in [6.45, 7) is 1.97. The molecule has 1 aliphatic carbocycles. The van der Waals surface area contributed by atoms with E-state index < -0.39 is 0 Å². The summed E-state index contributed by atoms with van der Waals surface area (Å²) in [5.41, 5.74) is 2.13. The molecule has 0 N–H and O–H groups in total. The van der Waals surface area contributed by atoms with Gasteiger partial charge < -0.3 is 9.30 Å². The van der Waals surface area contributed by atoms with Crippen molar-refractivity contribution in [3.8, 4) is 5.75 Å². The second kappa shape index (κ2) is 3.91. The maximum Gasteiger partial charge on any atom is 0.127 e. The van der Waals surface area contributed by atoms with E-state index in [0.717, 1.165) is 22.6 Å². The maximum atomic E-state index is 6.21. The molecule has 0 amide bonds. The predicted octanol–water partition coefficient (Wildman–Crippen LogP) is 3.68. The van der Waals surface area contributed by atoms with Crippen LogP contribution in [0.5, 0.6) is 5.75 Å². The van der Waals surface area contributed by atoms with Gasteiger partial charge in [-0.3, -0.25) is 0 Å². The fraction of sp³-hybridized carbons (Fsp3) is 0.462. The number of halogens is 1. The normalized spacial score (nSPS) is 17.4. The van der Waals surface area contributed by atoms with Gasteiger partial charge in [-0.05, 0) is 31.9 Å². The van der Waals surface area contributed by atoms with Crippen LogP contribution in [0, 0.1) is 0 Å². The van der Waals surface area contributed by atoms with Gasteiger partial charge in [0, 0.05) is 12.1 Å². The Labute approximate surface area is 105 Å². The molecule has 1 aliphatic rings. The number of fused-ring (bicyclic) bond motifs is 1. The molecule has 0 bridgehead atoms. The molecule has 4 heteroatoms. The van der Waals surface area contributed by atoms with Crippen molar-refractivity contribution in [3.63, 3.8) is 0 Å². The van der Waals surface area contributed by atoms with Crippen molar-refractivity contribution in [1.82, 2.24) is 9.55 Å². The number of aromatic nitrogens is 2. The lowest BCUT2D eigenvalue weighted by Crippen LogP contribution is -2.01. The van der Waals surface area contributed by atoms with Crippen molar-refractivity contribution in [1.29, 1.82) is 0 Å². The van der Waals surface area contributed by atoms with Gasteiger partial charge in [0.2, 0.25) is 0 Å². The molecule has 0 spiro atoms. The van der Waals surface area contributed by atoms with E-state index in [0.29, 0.717) is 6.04 Å². The number of hydrogen-bond donors (Lipinski definition) is 0. The first kappa shape index (κ1) is 10.9. The Bertz CT molecular complexity index is 558. The number of rotatable bonds is 3. The first-order valence-electron chi connectivity index (χ1n) is 5.90. The first-order chi connectivity index (χ1) is 8.20. The van der Waals surface area contributed by atoms with E-state index in [9.17, 15) is 0 Å². The molecule has 3 rings (SSSR count). The zero-order valence-electron chi connectivity index (χ0n) is 9.98. The summed E-state index contributed by atoms with van der Waals surface area (Å²) in [7, 11) is 1.67. The highest BCUT2D eigenvalue weighted by molar-refractivity contribution is 6.20. The predicted molar refractivity (Wildman–Crippen MR) is 68.8 cm³/mol. The molecule has 1 aromatic carbocycles. The number of hydrogen-bond acceptors (Lipinski definition) is 2. The number of alkyl halides is 1. The van der Waals surface area contributed by atoms with Crippen LogP contribution in [0.2, 0.25) is 0 Å². The molecule has 1 aromatic heterocycles. The number of ether oxygens (including phenoxy) is 1. The SMILES string of the molecule is COc1ccc2c(c1)nc(C(C)Cl)n2C1CC1. The smallest absolute Gasteiger partial charge is 0.127 e. The lowest BCUT2D eigenvalue weighted by atomic mass is 10.3. The molecule has 0 saturated heterocycles. The fourth-order valence-electron chi connectivity index (χ4n) is 2.22. The third-order valence-electron chi connectivity index (χ3n) is 3.19. The molecule has 0 aliphatic heterocycles. The van der Waals surface area contributed by atoms with E-state index in [-0.39, 0.29) is 5.38 Å². The average molecular weight is 251 g/mol. The van der Waals surface area contributed by atoms with Gasteiger partial charge in [-0.25, -0.2) is 4.98 Å². The number of nitrogens with zero attached hydrogens (tertiary/aromatic N) is 2. The van der Waals surface area contributed by atoms with Crippen LogP contribution in [0.1, 0.15) is 37.0 Å². The van der Waals surface area contributed by atoms with Crippen molar-refractivity contribution >= 4 is 22.6 Å². The Morgan fingerprint density at radius 3 is 2.82 bits per heavy atom. The number of methoxy groups -OCH3 is 1. The molecule has 0 radical (unpaired) electrons. The molecule has 1 fully saturated rings. The van der Waals surface area contributed by atoms with E-state index >= 15 is 0 Å². The number of benzene rings is 1. The second-order valence-electron chi connectivity index (χ2n) is 4.54. The maximum absolute atomic E-state index is 6.21. The molecule has 2 aromatic rings. The minimum absolute atomic E-state index is 0.0611. The van der Waals surface area contributed by atoms with Crippen molar-refractivity contribution in [2.24, 2.45) is 0 Å². The zero-order chi connectivity index (χ0) is 12.0. The highest BCUT2D eigenvalue weighted by atomic mass is 35.5. The van der Waals surface area contributed by atoms with Crippen molar-refractivity contribution in [2.75, 3.05) is 7.11 Å². The zero-order valence-corrected chi connectivity index (χ0v) is 10.7. The Morgan fingerprint density at radius 2 is 2.24 bits per heavy atom. The minimum Gasteiger partial charge on any atom is -0.497 e. The summed E-state index contributed by atoms with van der Waals surface area (Å²) < 4.78 is 7.51. The summed E-state index contributed by atoms with van der Waals surface area (Å²) in [5.74, 6) is 1.81. The molecule has 1 saturated carbocycles. The van der Waals surface area contributed by atoms with E-state index in [1.807, 2.05) is 19.1 Å². The van der Waals surface area contributed by atoms with Gasteiger partial charge in [0.1, 0.15) is 11.6 Å². The monoisotopic (exact) mass is 250 g/mol. The van der Waals surface area contributed by atoms with Gasteiger partial charge in [-0.15, -0.1) is 11.6 Å². The van der Waals surface area contributed by atoms with Crippen LogP contribution in [0.4, 0.5) is 0 Å². The average Bonchev–Trinajstić information content (AvgIpc) is 3.08. The Hall–Kier alpha value is -1.22. The highest BCUT2D eigenvalue weighted by Crippen LogP contribution is 2.41. The van der Waals surface area contributed by atoms with Gasteiger partial charge >= 0.3 is 0 Å². The fourth-order valence-corrected chi connectivity index (χ4v) is 2.38. The Kier molecular flexibility index (Phi) is 2.51. The minimum atomic E-state index is -0.0611. The van der Waals surface area contributed by atoms with Crippen LogP contribution in [-0.4, -0.2) is 16.7 Å². The second-order valence-corrected chi connectivity index (χ2v) is 5.20. The summed E-state index contributed by atoms with van der Waals surface area (Å²) >= 11 is 6.21. The molecule has 3 nitrogen and oxygen atoms in total. The largest absolute Gasteiger partial charge is 0.497 e. The molecule has 1 atom stereocenters. The lowest BCUT2D eigenvalue weighted by Gasteiger charge is -2.08. The summed E-state index contributed by atoms with van der Waals surface area (Å²) in [5, 5.41) is -0.0611. The molecular formula is C13H15ClN2O. The molecule has 90 valence electrons. The molecule has 1 unspecified atom stereocenters. The van der Waals surface area contributed by atoms with E-state index in [1.54, 1.807) is 7.11 Å². The first-order valence-corrected chi connectivity index (χ1v) is 6.34. The van der Waals surface area contributed by atoms with Crippen molar-refractivity contribution in [3.05, 3.63) is 24.0 Å². The highest BCUT2D eigenvalue weighted by Gasteiger charge is 2.29. The lowest BCUT2D eigenvalue weighted by molar-refractivity contribution is 0.415. The van der Waals surface area contributed by atoms with Gasteiger partial charge in [0.25, 0.3) is 0 Å². The van der Waals surface area contributed by atoms with Gasteiger partial charge in [-0.2, -0.15) is 0 Å². The van der Waals surface area contributed by atoms with Gasteiger partial charge in [0.15, 0.2) is 0 Å². The Morgan fingerprint density at radius 1 is 1.47 bits per heavy atom. The van der Waals surface area contributed by atoms with Gasteiger partial charge in [-0.1, -0.05) is 0 Å². The summed E-state index contributed by atoms with van der Waals surface area (Å²) in [6.07, 6.45) is 2.46. The molecule has 1 heterocycles. The quantitative estimate of drug-likeness (QED) is 0.777. The van der Waals surface area contributed by atoms with Gasteiger partial charge in [0.05, 0.1) is 23.5 Å². The molecular weight excluding hydrogens is 236 g/mol.